The molecule has 0 aliphatic carbocycles. The van der Waals surface area contributed by atoms with Crippen molar-refractivity contribution in [2.24, 2.45) is 0 Å². The van der Waals surface area contributed by atoms with Crippen LogP contribution in [0.1, 0.15) is 18.6 Å². The van der Waals surface area contributed by atoms with Crippen LogP contribution in [-0.2, 0) is 4.79 Å². The number of halogens is 1. The zero-order valence-corrected chi connectivity index (χ0v) is 12.1. The number of fused-ring (bicyclic) bond motifs is 1. The number of hydrogen-bond acceptors (Lipinski definition) is 4. The molecule has 0 spiro atoms. The Labute approximate surface area is 121 Å². The van der Waals surface area contributed by atoms with Gasteiger partial charge in [-0.2, -0.15) is 11.8 Å². The number of rotatable bonds is 1. The number of nitrogens with one attached hydrogen (secondary N) is 1. The first-order valence-corrected chi connectivity index (χ1v) is 7.68. The number of carbonyl (C=O) groups excluding carboxylic acids is 1. The van der Waals surface area contributed by atoms with E-state index in [-0.39, 0.29) is 5.91 Å². The number of hydrogen-bond donors (Lipinski definition) is 2. The Morgan fingerprint density at radius 2 is 2.32 bits per heavy atom. The molecule has 0 saturated carbocycles. The molecule has 0 radical (unpaired) electrons. The highest BCUT2D eigenvalue weighted by Gasteiger charge is 2.30. The Hall–Kier alpha value is -0.910. The van der Waals surface area contributed by atoms with Gasteiger partial charge in [-0.3, -0.25) is 4.79 Å². The van der Waals surface area contributed by atoms with Crippen molar-refractivity contribution < 1.29 is 9.90 Å². The number of amides is 1. The molecule has 1 saturated heterocycles. The van der Waals surface area contributed by atoms with Crippen LogP contribution < -0.4 is 10.2 Å². The maximum Gasteiger partial charge on any atom is 0.257 e. The lowest BCUT2D eigenvalue weighted by Gasteiger charge is -2.33. The normalized spacial score (nSPS) is 26.3. The summed E-state index contributed by atoms with van der Waals surface area (Å²) in [6, 6.07) is 3.57. The summed E-state index contributed by atoms with van der Waals surface area (Å²) in [5, 5.41) is 13.6. The number of anilines is 2. The number of thioether (sulfide) groups is 1. The van der Waals surface area contributed by atoms with Gasteiger partial charge in [-0.25, -0.2) is 0 Å². The van der Waals surface area contributed by atoms with Crippen LogP contribution in [-0.4, -0.2) is 35.1 Å². The quantitative estimate of drug-likeness (QED) is 0.835. The molecule has 4 nitrogen and oxygen atoms in total. The zero-order valence-electron chi connectivity index (χ0n) is 10.5. The summed E-state index contributed by atoms with van der Waals surface area (Å²) >= 11 is 8.26. The number of aliphatic hydroxyl groups excluding tert-OH is 1. The van der Waals surface area contributed by atoms with E-state index in [4.69, 9.17) is 11.6 Å². The van der Waals surface area contributed by atoms with Crippen LogP contribution in [0.5, 0.6) is 0 Å². The third-order valence-electron chi connectivity index (χ3n) is 3.50. The molecule has 102 valence electrons. The van der Waals surface area contributed by atoms with Crippen LogP contribution in [0.25, 0.3) is 0 Å². The average Bonchev–Trinajstić information content (AvgIpc) is 2.65. The molecular weight excluding hydrogens is 284 g/mol. The molecule has 1 aromatic carbocycles. The molecule has 2 unspecified atom stereocenters. The van der Waals surface area contributed by atoms with Crippen LogP contribution in [0, 0.1) is 0 Å². The van der Waals surface area contributed by atoms with E-state index in [1.54, 1.807) is 6.07 Å². The molecule has 19 heavy (non-hydrogen) atoms. The SMILES string of the molecule is CC1CN(c2cc3c(cc2Cl)C(O)C(=O)N3)CCS1. The Morgan fingerprint density at radius 3 is 3.05 bits per heavy atom. The monoisotopic (exact) mass is 298 g/mol. The first-order valence-electron chi connectivity index (χ1n) is 6.25. The number of aliphatic hydroxyl groups is 1. The first kappa shape index (κ1) is 13.1. The molecule has 2 atom stereocenters. The third-order valence-corrected chi connectivity index (χ3v) is 4.94. The van der Waals surface area contributed by atoms with Crippen molar-refractivity contribution >= 4 is 40.6 Å². The lowest BCUT2D eigenvalue weighted by molar-refractivity contribution is -0.123. The highest BCUT2D eigenvalue weighted by molar-refractivity contribution is 8.00. The number of carbonyl (C=O) groups is 1. The van der Waals surface area contributed by atoms with Gasteiger partial charge < -0.3 is 15.3 Å². The molecule has 2 heterocycles. The van der Waals surface area contributed by atoms with Gasteiger partial charge in [0.25, 0.3) is 5.91 Å². The summed E-state index contributed by atoms with van der Waals surface area (Å²) in [6.07, 6.45) is -1.10. The zero-order chi connectivity index (χ0) is 13.6. The van der Waals surface area contributed by atoms with Gasteiger partial charge in [0, 0.05) is 35.3 Å². The van der Waals surface area contributed by atoms with Crippen LogP contribution in [0.4, 0.5) is 11.4 Å². The van der Waals surface area contributed by atoms with Gasteiger partial charge in [0.15, 0.2) is 6.10 Å². The molecule has 1 fully saturated rings. The summed E-state index contributed by atoms with van der Waals surface area (Å²) in [7, 11) is 0. The molecular formula is C13H15ClN2O2S. The fraction of sp³-hybridized carbons (Fsp3) is 0.462. The van der Waals surface area contributed by atoms with E-state index in [9.17, 15) is 9.90 Å². The number of benzene rings is 1. The molecule has 2 aliphatic heterocycles. The first-order chi connectivity index (χ1) is 9.06. The van der Waals surface area contributed by atoms with Crippen molar-refractivity contribution in [3.63, 3.8) is 0 Å². The van der Waals surface area contributed by atoms with E-state index in [1.807, 2.05) is 17.8 Å². The Bertz CT molecular complexity index is 538. The second-order valence-electron chi connectivity index (χ2n) is 4.91. The predicted molar refractivity (Wildman–Crippen MR) is 79.2 cm³/mol. The van der Waals surface area contributed by atoms with E-state index < -0.39 is 6.10 Å². The van der Waals surface area contributed by atoms with Crippen LogP contribution in [0.3, 0.4) is 0 Å². The van der Waals surface area contributed by atoms with Crippen LogP contribution >= 0.6 is 23.4 Å². The van der Waals surface area contributed by atoms with Crippen molar-refractivity contribution in [1.82, 2.24) is 0 Å². The number of nitrogens with zero attached hydrogens (tertiary/aromatic N) is 1. The second kappa shape index (κ2) is 4.89. The lowest BCUT2D eigenvalue weighted by atomic mass is 10.1. The molecule has 0 bridgehead atoms. The highest BCUT2D eigenvalue weighted by atomic mass is 35.5. The van der Waals surface area contributed by atoms with E-state index in [0.29, 0.717) is 21.5 Å². The summed E-state index contributed by atoms with van der Waals surface area (Å²) in [5.74, 6) is 0.689. The Kier molecular flexibility index (Phi) is 3.37. The van der Waals surface area contributed by atoms with Crippen LogP contribution in [0.2, 0.25) is 5.02 Å². The minimum absolute atomic E-state index is 0.384. The largest absolute Gasteiger partial charge is 0.378 e. The highest BCUT2D eigenvalue weighted by Crippen LogP contribution is 2.39. The fourth-order valence-corrected chi connectivity index (χ4v) is 3.84. The van der Waals surface area contributed by atoms with Crippen molar-refractivity contribution in [2.45, 2.75) is 18.3 Å². The predicted octanol–water partition coefficient (Wildman–Crippen LogP) is 2.27. The lowest BCUT2D eigenvalue weighted by Crippen LogP contribution is -2.36. The minimum atomic E-state index is -1.10. The molecule has 6 heteroatoms. The molecule has 2 N–H and O–H groups in total. The van der Waals surface area contributed by atoms with Gasteiger partial charge in [-0.1, -0.05) is 18.5 Å². The molecule has 0 aromatic heterocycles. The van der Waals surface area contributed by atoms with Gasteiger partial charge in [0.05, 0.1) is 10.7 Å². The summed E-state index contributed by atoms with van der Waals surface area (Å²) < 4.78 is 0. The van der Waals surface area contributed by atoms with E-state index in [1.165, 1.54) is 0 Å². The van der Waals surface area contributed by atoms with Gasteiger partial charge in [-0.15, -0.1) is 0 Å². The van der Waals surface area contributed by atoms with E-state index in [0.717, 1.165) is 24.5 Å². The average molecular weight is 299 g/mol. The molecule has 1 amide bonds. The van der Waals surface area contributed by atoms with Crippen molar-refractivity contribution in [1.29, 1.82) is 0 Å². The summed E-state index contributed by atoms with van der Waals surface area (Å²) in [5.41, 5.74) is 2.17. The van der Waals surface area contributed by atoms with Gasteiger partial charge >= 0.3 is 0 Å². The van der Waals surface area contributed by atoms with Crippen LogP contribution in [0.15, 0.2) is 12.1 Å². The van der Waals surface area contributed by atoms with Gasteiger partial charge in [0.1, 0.15) is 0 Å². The summed E-state index contributed by atoms with van der Waals surface area (Å²) in [6.45, 7) is 4.09. The molecule has 1 aromatic rings. The standard InChI is InChI=1S/C13H15ClN2O2S/c1-7-6-16(2-3-19-7)11-5-10-8(4-9(11)14)12(17)13(18)15-10/h4-5,7,12,17H,2-3,6H2,1H3,(H,15,18). The van der Waals surface area contributed by atoms with Crippen molar-refractivity contribution in [3.05, 3.63) is 22.7 Å². The Balaban J connectivity index is 1.95. The molecule has 2 aliphatic rings. The van der Waals surface area contributed by atoms with Gasteiger partial charge in [0.2, 0.25) is 0 Å². The maximum absolute atomic E-state index is 11.5. The third kappa shape index (κ3) is 2.30. The van der Waals surface area contributed by atoms with Gasteiger partial charge in [-0.05, 0) is 12.1 Å². The van der Waals surface area contributed by atoms with Crippen molar-refractivity contribution in [2.75, 3.05) is 29.1 Å². The smallest absolute Gasteiger partial charge is 0.257 e. The van der Waals surface area contributed by atoms with E-state index >= 15 is 0 Å². The minimum Gasteiger partial charge on any atom is -0.378 e. The molecule has 3 rings (SSSR count). The topological polar surface area (TPSA) is 52.6 Å². The summed E-state index contributed by atoms with van der Waals surface area (Å²) in [4.78, 5) is 13.7. The maximum atomic E-state index is 11.5. The second-order valence-corrected chi connectivity index (χ2v) is 6.86. The van der Waals surface area contributed by atoms with E-state index in [2.05, 4.69) is 17.1 Å². The fourth-order valence-electron chi connectivity index (χ4n) is 2.53. The Morgan fingerprint density at radius 1 is 1.53 bits per heavy atom. The van der Waals surface area contributed by atoms with Crippen molar-refractivity contribution in [3.8, 4) is 0 Å².